The molecule has 0 radical (unpaired) electrons. The predicted molar refractivity (Wildman–Crippen MR) is 202 cm³/mol. The molecular formula is C40H52N8O4. The van der Waals surface area contributed by atoms with Crippen molar-refractivity contribution < 1.29 is 19.1 Å². The number of benzene rings is 2. The average Bonchev–Trinajstić information content (AvgIpc) is 3.92. The van der Waals surface area contributed by atoms with Crippen LogP contribution in [0.25, 0.3) is 22.2 Å². The van der Waals surface area contributed by atoms with Gasteiger partial charge in [-0.05, 0) is 67.5 Å². The molecule has 12 heteroatoms. The van der Waals surface area contributed by atoms with Crippen LogP contribution in [-0.2, 0) is 46.9 Å². The molecule has 276 valence electrons. The van der Waals surface area contributed by atoms with Gasteiger partial charge in [0.25, 0.3) is 0 Å². The fraction of sp³-hybridized carbons (Fsp3) is 0.500. The number of amides is 2. The van der Waals surface area contributed by atoms with Gasteiger partial charge in [0.05, 0.1) is 24.4 Å². The molecule has 5 heterocycles. The summed E-state index contributed by atoms with van der Waals surface area (Å²) in [6, 6.07) is 16.2. The highest BCUT2D eigenvalue weighted by atomic mass is 16.5. The van der Waals surface area contributed by atoms with E-state index < -0.39 is 0 Å². The average molecular weight is 709 g/mol. The Labute approximate surface area is 306 Å². The Hall–Kier alpha value is -4.52. The summed E-state index contributed by atoms with van der Waals surface area (Å²) in [4.78, 5) is 33.5. The molecule has 3 aliphatic rings. The number of likely N-dealkylation sites (tertiary alicyclic amines) is 1. The van der Waals surface area contributed by atoms with Gasteiger partial charge in [-0.15, -0.1) is 0 Å². The first kappa shape index (κ1) is 35.9. The molecule has 0 aliphatic carbocycles. The quantitative estimate of drug-likeness (QED) is 0.141. The van der Waals surface area contributed by atoms with Gasteiger partial charge in [-0.3, -0.25) is 14.5 Å². The number of methoxy groups -OCH3 is 1. The summed E-state index contributed by atoms with van der Waals surface area (Å²) in [6.07, 6.45) is 5.84. The second-order valence-corrected chi connectivity index (χ2v) is 14.2. The van der Waals surface area contributed by atoms with Crippen LogP contribution in [0.4, 0.5) is 5.69 Å². The number of carbonyl (C=O) groups is 2. The topological polar surface area (TPSA) is 135 Å². The molecule has 3 saturated heterocycles. The van der Waals surface area contributed by atoms with E-state index >= 15 is 0 Å². The van der Waals surface area contributed by atoms with E-state index in [-0.39, 0.29) is 30.7 Å². The van der Waals surface area contributed by atoms with Crippen molar-refractivity contribution in [3.8, 4) is 16.9 Å². The third kappa shape index (κ3) is 8.09. The lowest BCUT2D eigenvalue weighted by molar-refractivity contribution is -0.126. The van der Waals surface area contributed by atoms with Crippen LogP contribution < -0.4 is 26.0 Å². The zero-order valence-corrected chi connectivity index (χ0v) is 30.7. The molecule has 3 aliphatic heterocycles. The van der Waals surface area contributed by atoms with E-state index in [1.807, 2.05) is 23.0 Å². The minimum Gasteiger partial charge on any atom is -0.496 e. The molecule has 2 aromatic carbocycles. The van der Waals surface area contributed by atoms with Crippen molar-refractivity contribution in [3.05, 3.63) is 71.0 Å². The molecule has 2 amide bonds. The molecule has 12 nitrogen and oxygen atoms in total. The van der Waals surface area contributed by atoms with Crippen LogP contribution in [0.5, 0.6) is 5.75 Å². The number of nitrogens with zero attached hydrogens (tertiary/aromatic N) is 4. The van der Waals surface area contributed by atoms with Gasteiger partial charge in [-0.2, -0.15) is 5.10 Å². The number of hydrogen-bond donors (Lipinski definition) is 4. The van der Waals surface area contributed by atoms with Gasteiger partial charge in [0, 0.05) is 100 Å². The zero-order valence-electron chi connectivity index (χ0n) is 30.7. The Morgan fingerprint density at radius 3 is 2.54 bits per heavy atom. The standard InChI is InChI=1S/C40H52N8O4/c1-4-35-33(39(45-29-13-15-52-16-14-29)34-23-44-48(5-2)40(34)46-35)22-43-38(50)12-11-37(49)42-20-26-9-10-36(51-3)32(18-26)28-8-6-7-27(17-28)24-47-25-30-19-31(47)21-41-30/h6-10,17-18,23,29-31,41H,4-5,11-16,19-22,24-25H2,1-3H3,(H,42,49)(H,43,50)(H,45,46)/t30-,31?/m0/s1. The fourth-order valence-corrected chi connectivity index (χ4v) is 7.90. The van der Waals surface area contributed by atoms with Crippen LogP contribution in [-0.4, -0.2) is 83.0 Å². The van der Waals surface area contributed by atoms with E-state index in [1.165, 1.54) is 12.0 Å². The second kappa shape index (κ2) is 16.4. The highest BCUT2D eigenvalue weighted by Crippen LogP contribution is 2.34. The van der Waals surface area contributed by atoms with Crippen molar-refractivity contribution in [2.24, 2.45) is 0 Å². The van der Waals surface area contributed by atoms with Gasteiger partial charge in [-0.25, -0.2) is 9.67 Å². The molecular weight excluding hydrogens is 656 g/mol. The molecule has 2 atom stereocenters. The Balaban J connectivity index is 0.950. The summed E-state index contributed by atoms with van der Waals surface area (Å²) in [5, 5.41) is 18.9. The van der Waals surface area contributed by atoms with Gasteiger partial charge < -0.3 is 30.7 Å². The van der Waals surface area contributed by atoms with E-state index in [1.54, 1.807) is 7.11 Å². The second-order valence-electron chi connectivity index (χ2n) is 14.2. The SMILES string of the molecule is CCc1nc2c(cnn2CC)c(NC2CCOCC2)c1CNC(=O)CCC(=O)NCc1ccc(OC)c(-c2cccc(CN3C[C@@H]4CC3CN4)c2)c1. The summed E-state index contributed by atoms with van der Waals surface area (Å²) >= 11 is 0. The van der Waals surface area contributed by atoms with E-state index in [0.717, 1.165) is 109 Å². The minimum absolute atomic E-state index is 0.0921. The molecule has 0 spiro atoms. The van der Waals surface area contributed by atoms with E-state index in [9.17, 15) is 9.59 Å². The molecule has 52 heavy (non-hydrogen) atoms. The molecule has 3 fully saturated rings. The summed E-state index contributed by atoms with van der Waals surface area (Å²) in [5.41, 5.74) is 8.06. The van der Waals surface area contributed by atoms with Gasteiger partial charge in [-0.1, -0.05) is 31.2 Å². The Kier molecular flexibility index (Phi) is 11.3. The number of carbonyl (C=O) groups excluding carboxylic acids is 2. The Bertz CT molecular complexity index is 1890. The lowest BCUT2D eigenvalue weighted by Gasteiger charge is -2.27. The number of aromatic nitrogens is 3. The number of aryl methyl sites for hydroxylation is 2. The van der Waals surface area contributed by atoms with Crippen LogP contribution in [0.2, 0.25) is 0 Å². The molecule has 2 bridgehead atoms. The number of ether oxygens (including phenoxy) is 2. The summed E-state index contributed by atoms with van der Waals surface area (Å²) in [7, 11) is 1.69. The molecule has 7 rings (SSSR count). The highest BCUT2D eigenvalue weighted by Gasteiger charge is 2.37. The number of anilines is 1. The largest absolute Gasteiger partial charge is 0.496 e. The first-order valence-corrected chi connectivity index (χ1v) is 18.9. The summed E-state index contributed by atoms with van der Waals surface area (Å²) < 4.78 is 13.2. The molecule has 4 aromatic rings. The van der Waals surface area contributed by atoms with Crippen molar-refractivity contribution in [2.75, 3.05) is 38.7 Å². The number of rotatable bonds is 15. The Morgan fingerprint density at radius 1 is 1.02 bits per heavy atom. The monoisotopic (exact) mass is 708 g/mol. The highest BCUT2D eigenvalue weighted by molar-refractivity contribution is 5.92. The third-order valence-corrected chi connectivity index (χ3v) is 10.8. The number of fused-ring (bicyclic) bond motifs is 3. The van der Waals surface area contributed by atoms with Crippen molar-refractivity contribution in [1.29, 1.82) is 0 Å². The molecule has 0 saturated carbocycles. The maximum absolute atomic E-state index is 13.1. The van der Waals surface area contributed by atoms with Crippen molar-refractivity contribution in [1.82, 2.24) is 35.6 Å². The molecule has 1 unspecified atom stereocenters. The first-order chi connectivity index (χ1) is 25.4. The summed E-state index contributed by atoms with van der Waals surface area (Å²) in [5.74, 6) is 0.442. The van der Waals surface area contributed by atoms with E-state index in [4.69, 9.17) is 14.5 Å². The minimum atomic E-state index is -0.178. The number of nitrogens with one attached hydrogen (secondary N) is 4. The van der Waals surface area contributed by atoms with Crippen LogP contribution in [0.3, 0.4) is 0 Å². The van der Waals surface area contributed by atoms with Crippen LogP contribution in [0, 0.1) is 0 Å². The van der Waals surface area contributed by atoms with Gasteiger partial charge in [0.1, 0.15) is 5.75 Å². The van der Waals surface area contributed by atoms with Crippen LogP contribution >= 0.6 is 0 Å². The number of piperazine rings is 1. The lowest BCUT2D eigenvalue weighted by atomic mass is 9.99. The van der Waals surface area contributed by atoms with Crippen LogP contribution in [0.1, 0.15) is 68.3 Å². The maximum atomic E-state index is 13.1. The smallest absolute Gasteiger partial charge is 0.220 e. The van der Waals surface area contributed by atoms with E-state index in [0.29, 0.717) is 25.2 Å². The number of pyridine rings is 1. The van der Waals surface area contributed by atoms with E-state index in [2.05, 4.69) is 75.4 Å². The zero-order chi connectivity index (χ0) is 36.0. The maximum Gasteiger partial charge on any atom is 0.220 e. The summed E-state index contributed by atoms with van der Waals surface area (Å²) in [6.45, 7) is 10.1. The Morgan fingerprint density at radius 2 is 1.83 bits per heavy atom. The van der Waals surface area contributed by atoms with Crippen molar-refractivity contribution >= 4 is 28.5 Å². The van der Waals surface area contributed by atoms with Gasteiger partial charge >= 0.3 is 0 Å². The fourth-order valence-electron chi connectivity index (χ4n) is 7.90. The first-order valence-electron chi connectivity index (χ1n) is 18.9. The number of hydrogen-bond acceptors (Lipinski definition) is 9. The third-order valence-electron chi connectivity index (χ3n) is 10.8. The molecule has 4 N–H and O–H groups in total. The van der Waals surface area contributed by atoms with Gasteiger partial charge in [0.15, 0.2) is 5.65 Å². The van der Waals surface area contributed by atoms with Crippen LogP contribution in [0.15, 0.2) is 48.7 Å². The predicted octanol–water partition coefficient (Wildman–Crippen LogP) is 4.54. The van der Waals surface area contributed by atoms with Gasteiger partial charge in [0.2, 0.25) is 11.8 Å². The lowest BCUT2D eigenvalue weighted by Crippen LogP contribution is -2.42. The molecule has 2 aromatic heterocycles. The van der Waals surface area contributed by atoms with Crippen molar-refractivity contribution in [2.45, 2.75) is 96.7 Å². The van der Waals surface area contributed by atoms with Crippen molar-refractivity contribution in [3.63, 3.8) is 0 Å². The normalized spacial score (nSPS) is 18.9.